The van der Waals surface area contributed by atoms with Crippen molar-refractivity contribution in [2.75, 3.05) is 0 Å². The van der Waals surface area contributed by atoms with E-state index in [2.05, 4.69) is 6.92 Å². The molecule has 0 aromatic heterocycles. The van der Waals surface area contributed by atoms with Gasteiger partial charge in [0.25, 0.3) is 0 Å². The Bertz CT molecular complexity index is 353. The molecule has 15 heavy (non-hydrogen) atoms. The molecule has 1 aromatic carbocycles. The summed E-state index contributed by atoms with van der Waals surface area (Å²) in [6, 6.07) is 7.05. The van der Waals surface area contributed by atoms with Gasteiger partial charge in [0.2, 0.25) is 0 Å². The van der Waals surface area contributed by atoms with Crippen LogP contribution in [0, 0.1) is 0 Å². The van der Waals surface area contributed by atoms with E-state index in [0.717, 1.165) is 24.8 Å². The van der Waals surface area contributed by atoms with E-state index in [1.807, 2.05) is 24.3 Å². The summed E-state index contributed by atoms with van der Waals surface area (Å²) in [6.45, 7) is 2.14. The SMILES string of the molecule is CCCCC=Cc1ccccc1C(=O)O. The number of unbranched alkanes of at least 4 members (excludes halogenated alkanes) is 2. The van der Waals surface area contributed by atoms with Crippen LogP contribution in [0.2, 0.25) is 0 Å². The molecule has 0 bridgehead atoms. The van der Waals surface area contributed by atoms with Crippen LogP contribution < -0.4 is 0 Å². The molecule has 0 fully saturated rings. The first kappa shape index (κ1) is 11.5. The van der Waals surface area contributed by atoms with Crippen LogP contribution in [-0.4, -0.2) is 11.1 Å². The fraction of sp³-hybridized carbons (Fsp3) is 0.308. The number of hydrogen-bond acceptors (Lipinski definition) is 1. The zero-order valence-electron chi connectivity index (χ0n) is 8.94. The molecular weight excluding hydrogens is 188 g/mol. The Kier molecular flexibility index (Phi) is 4.61. The van der Waals surface area contributed by atoms with Crippen LogP contribution in [0.4, 0.5) is 0 Å². The predicted molar refractivity (Wildman–Crippen MR) is 62.0 cm³/mol. The van der Waals surface area contributed by atoms with Crippen molar-refractivity contribution < 1.29 is 9.90 Å². The monoisotopic (exact) mass is 204 g/mol. The summed E-state index contributed by atoms with van der Waals surface area (Å²) in [5.41, 5.74) is 1.14. The second kappa shape index (κ2) is 6.02. The third-order valence-corrected chi connectivity index (χ3v) is 2.21. The van der Waals surface area contributed by atoms with Gasteiger partial charge in [-0.3, -0.25) is 0 Å². The Morgan fingerprint density at radius 3 is 2.80 bits per heavy atom. The van der Waals surface area contributed by atoms with Crippen molar-refractivity contribution in [1.29, 1.82) is 0 Å². The Morgan fingerprint density at radius 1 is 1.40 bits per heavy atom. The second-order valence-electron chi connectivity index (χ2n) is 3.44. The molecule has 0 spiro atoms. The first-order chi connectivity index (χ1) is 7.25. The van der Waals surface area contributed by atoms with E-state index in [1.165, 1.54) is 0 Å². The summed E-state index contributed by atoms with van der Waals surface area (Å²) in [6.07, 6.45) is 7.23. The van der Waals surface area contributed by atoms with E-state index in [9.17, 15) is 4.79 Å². The molecule has 2 nitrogen and oxygen atoms in total. The highest BCUT2D eigenvalue weighted by Crippen LogP contribution is 2.11. The highest BCUT2D eigenvalue weighted by Gasteiger charge is 2.05. The molecule has 0 unspecified atom stereocenters. The van der Waals surface area contributed by atoms with E-state index in [0.29, 0.717) is 5.56 Å². The number of allylic oxidation sites excluding steroid dienone is 1. The van der Waals surface area contributed by atoms with E-state index < -0.39 is 5.97 Å². The van der Waals surface area contributed by atoms with Gasteiger partial charge in [-0.15, -0.1) is 0 Å². The lowest BCUT2D eigenvalue weighted by Gasteiger charge is -1.99. The van der Waals surface area contributed by atoms with Gasteiger partial charge in [0.15, 0.2) is 0 Å². The maximum Gasteiger partial charge on any atom is 0.336 e. The first-order valence-corrected chi connectivity index (χ1v) is 5.24. The molecule has 0 aliphatic rings. The quantitative estimate of drug-likeness (QED) is 0.744. The molecule has 0 saturated carbocycles. The Balaban J connectivity index is 2.75. The van der Waals surface area contributed by atoms with Crippen LogP contribution in [0.25, 0.3) is 6.08 Å². The highest BCUT2D eigenvalue weighted by molar-refractivity contribution is 5.92. The van der Waals surface area contributed by atoms with Crippen molar-refractivity contribution in [2.24, 2.45) is 0 Å². The predicted octanol–water partition coefficient (Wildman–Crippen LogP) is 3.59. The largest absolute Gasteiger partial charge is 0.478 e. The van der Waals surface area contributed by atoms with E-state index in [-0.39, 0.29) is 0 Å². The van der Waals surface area contributed by atoms with Gasteiger partial charge in [0.05, 0.1) is 5.56 Å². The molecule has 0 heterocycles. The number of hydrogen-bond donors (Lipinski definition) is 1. The molecule has 1 aromatic rings. The van der Waals surface area contributed by atoms with Gasteiger partial charge in [-0.25, -0.2) is 4.79 Å². The topological polar surface area (TPSA) is 37.3 Å². The Labute approximate surface area is 90.3 Å². The molecule has 0 radical (unpaired) electrons. The van der Waals surface area contributed by atoms with Crippen LogP contribution in [0.3, 0.4) is 0 Å². The molecule has 1 N–H and O–H groups in total. The molecule has 0 aliphatic carbocycles. The summed E-state index contributed by atoms with van der Waals surface area (Å²) in [4.78, 5) is 10.9. The van der Waals surface area contributed by atoms with Crippen LogP contribution in [0.15, 0.2) is 30.3 Å². The number of rotatable bonds is 5. The van der Waals surface area contributed by atoms with E-state index in [1.54, 1.807) is 12.1 Å². The van der Waals surface area contributed by atoms with Gasteiger partial charge < -0.3 is 5.11 Å². The third-order valence-electron chi connectivity index (χ3n) is 2.21. The average Bonchev–Trinajstić information content (AvgIpc) is 2.25. The normalized spacial score (nSPS) is 10.7. The highest BCUT2D eigenvalue weighted by atomic mass is 16.4. The summed E-state index contributed by atoms with van der Waals surface area (Å²) < 4.78 is 0. The standard InChI is InChI=1S/C13H16O2/c1-2-3-4-5-8-11-9-6-7-10-12(11)13(14)15/h5-10H,2-4H2,1H3,(H,14,15). The van der Waals surface area contributed by atoms with Gasteiger partial charge >= 0.3 is 5.97 Å². The summed E-state index contributed by atoms with van der Waals surface area (Å²) in [5.74, 6) is -0.870. The van der Waals surface area contributed by atoms with Crippen LogP contribution in [0.1, 0.15) is 42.1 Å². The number of benzene rings is 1. The van der Waals surface area contributed by atoms with Gasteiger partial charge in [0.1, 0.15) is 0 Å². The lowest BCUT2D eigenvalue weighted by molar-refractivity contribution is 0.0696. The van der Waals surface area contributed by atoms with Gasteiger partial charge in [-0.2, -0.15) is 0 Å². The van der Waals surface area contributed by atoms with Crippen molar-refractivity contribution >= 4 is 12.0 Å². The lowest BCUT2D eigenvalue weighted by Crippen LogP contribution is -1.98. The summed E-state index contributed by atoms with van der Waals surface area (Å²) >= 11 is 0. The molecule has 0 aliphatic heterocycles. The van der Waals surface area contributed by atoms with Crippen molar-refractivity contribution in [3.63, 3.8) is 0 Å². The molecule has 0 atom stereocenters. The number of aromatic carboxylic acids is 1. The summed E-state index contributed by atoms with van der Waals surface area (Å²) in [7, 11) is 0. The molecule has 0 amide bonds. The maximum atomic E-state index is 10.9. The fourth-order valence-electron chi connectivity index (χ4n) is 1.37. The Hall–Kier alpha value is -1.57. The minimum atomic E-state index is -0.870. The molecule has 0 saturated heterocycles. The van der Waals surface area contributed by atoms with E-state index in [4.69, 9.17) is 5.11 Å². The fourth-order valence-corrected chi connectivity index (χ4v) is 1.37. The zero-order chi connectivity index (χ0) is 11.1. The minimum absolute atomic E-state index is 0.366. The van der Waals surface area contributed by atoms with Crippen molar-refractivity contribution in [2.45, 2.75) is 26.2 Å². The maximum absolute atomic E-state index is 10.9. The molecule has 80 valence electrons. The number of carboxylic acid groups (broad SMARTS) is 1. The third kappa shape index (κ3) is 3.58. The van der Waals surface area contributed by atoms with Crippen LogP contribution >= 0.6 is 0 Å². The average molecular weight is 204 g/mol. The zero-order valence-corrected chi connectivity index (χ0v) is 8.94. The van der Waals surface area contributed by atoms with Gasteiger partial charge in [0, 0.05) is 0 Å². The van der Waals surface area contributed by atoms with Crippen molar-refractivity contribution in [3.8, 4) is 0 Å². The number of carboxylic acids is 1. The van der Waals surface area contributed by atoms with Crippen molar-refractivity contribution in [3.05, 3.63) is 41.5 Å². The first-order valence-electron chi connectivity index (χ1n) is 5.24. The molecular formula is C13H16O2. The lowest BCUT2D eigenvalue weighted by atomic mass is 10.1. The van der Waals surface area contributed by atoms with Gasteiger partial charge in [-0.1, -0.05) is 50.1 Å². The number of carbonyl (C=O) groups is 1. The Morgan fingerprint density at radius 2 is 2.13 bits per heavy atom. The minimum Gasteiger partial charge on any atom is -0.478 e. The smallest absolute Gasteiger partial charge is 0.336 e. The summed E-state index contributed by atoms with van der Waals surface area (Å²) in [5, 5.41) is 8.93. The van der Waals surface area contributed by atoms with Crippen LogP contribution in [0.5, 0.6) is 0 Å². The van der Waals surface area contributed by atoms with Crippen molar-refractivity contribution in [1.82, 2.24) is 0 Å². The molecule has 2 heteroatoms. The molecule has 1 rings (SSSR count). The van der Waals surface area contributed by atoms with Crippen LogP contribution in [-0.2, 0) is 0 Å². The van der Waals surface area contributed by atoms with Gasteiger partial charge in [-0.05, 0) is 18.1 Å². The second-order valence-corrected chi connectivity index (χ2v) is 3.44. The van der Waals surface area contributed by atoms with E-state index >= 15 is 0 Å².